The van der Waals surface area contributed by atoms with Gasteiger partial charge in [0.25, 0.3) is 5.91 Å². The van der Waals surface area contributed by atoms with Gasteiger partial charge in [-0.05, 0) is 31.4 Å². The van der Waals surface area contributed by atoms with E-state index in [1.54, 1.807) is 18.7 Å². The number of nitrogens with one attached hydrogen (secondary N) is 1. The first-order chi connectivity index (χ1) is 11.1. The van der Waals surface area contributed by atoms with Crippen molar-refractivity contribution in [3.05, 3.63) is 29.8 Å². The Morgan fingerprint density at radius 1 is 1.35 bits per heavy atom. The van der Waals surface area contributed by atoms with Gasteiger partial charge < -0.3 is 4.74 Å². The third-order valence-electron chi connectivity index (χ3n) is 3.09. The molecule has 0 fully saturated rings. The third kappa shape index (κ3) is 5.21. The van der Waals surface area contributed by atoms with Crippen molar-refractivity contribution in [1.82, 2.24) is 10.2 Å². The van der Waals surface area contributed by atoms with Crippen LogP contribution >= 0.6 is 23.1 Å². The Morgan fingerprint density at radius 3 is 2.87 bits per heavy atom. The van der Waals surface area contributed by atoms with E-state index in [9.17, 15) is 4.79 Å². The molecule has 23 heavy (non-hydrogen) atoms. The van der Waals surface area contributed by atoms with Crippen LogP contribution in [0.5, 0.6) is 5.75 Å². The summed E-state index contributed by atoms with van der Waals surface area (Å²) in [7, 11) is 0. The second kappa shape index (κ2) is 8.88. The molecule has 0 aliphatic heterocycles. The van der Waals surface area contributed by atoms with E-state index in [1.807, 2.05) is 24.3 Å². The monoisotopic (exact) mass is 351 g/mol. The Hall–Kier alpha value is -1.60. The van der Waals surface area contributed by atoms with E-state index in [4.69, 9.17) is 4.74 Å². The second-order valence-electron chi connectivity index (χ2n) is 4.93. The first-order valence-corrected chi connectivity index (χ1v) is 9.46. The quantitative estimate of drug-likeness (QED) is 0.575. The average Bonchev–Trinajstić information content (AvgIpc) is 3.00. The molecule has 1 aromatic carbocycles. The molecule has 1 atom stereocenters. The van der Waals surface area contributed by atoms with E-state index in [-0.39, 0.29) is 5.91 Å². The lowest BCUT2D eigenvalue weighted by molar-refractivity contribution is -0.122. The third-order valence-corrected chi connectivity index (χ3v) is 5.27. The van der Waals surface area contributed by atoms with Crippen LogP contribution in [0, 0.1) is 0 Å². The fraction of sp³-hybridized carbons (Fsp3) is 0.438. The van der Waals surface area contributed by atoms with E-state index in [2.05, 4.69) is 29.4 Å². The van der Waals surface area contributed by atoms with E-state index in [1.165, 1.54) is 11.3 Å². The zero-order valence-electron chi connectivity index (χ0n) is 13.5. The van der Waals surface area contributed by atoms with Crippen molar-refractivity contribution in [2.45, 2.75) is 44.1 Å². The molecular weight excluding hydrogens is 330 g/mol. The molecular formula is C16H21N3O2S2. The molecule has 1 aromatic heterocycles. The number of nitrogens with zero attached hydrogens (tertiary/aromatic N) is 2. The molecule has 1 amide bonds. The molecule has 0 aliphatic rings. The molecule has 0 saturated heterocycles. The molecule has 1 unspecified atom stereocenters. The van der Waals surface area contributed by atoms with Gasteiger partial charge in [0.05, 0.1) is 0 Å². The predicted octanol–water partition coefficient (Wildman–Crippen LogP) is 4.01. The van der Waals surface area contributed by atoms with Crippen LogP contribution in [0.3, 0.4) is 0 Å². The molecule has 2 aromatic rings. The van der Waals surface area contributed by atoms with Crippen LogP contribution in [0.4, 0.5) is 5.13 Å². The van der Waals surface area contributed by atoms with Gasteiger partial charge in [-0.25, -0.2) is 0 Å². The van der Waals surface area contributed by atoms with Crippen molar-refractivity contribution in [3.8, 4) is 5.75 Å². The van der Waals surface area contributed by atoms with Gasteiger partial charge in [-0.3, -0.25) is 10.1 Å². The Kier molecular flexibility index (Phi) is 6.85. The maximum Gasteiger partial charge on any atom is 0.266 e. The van der Waals surface area contributed by atoms with Gasteiger partial charge in [0, 0.05) is 5.75 Å². The largest absolute Gasteiger partial charge is 0.481 e. The number of ether oxygens (including phenoxy) is 1. The fourth-order valence-electron chi connectivity index (χ4n) is 1.87. The Morgan fingerprint density at radius 2 is 2.13 bits per heavy atom. The van der Waals surface area contributed by atoms with E-state index in [0.29, 0.717) is 5.13 Å². The Labute approximate surface area is 144 Å². The summed E-state index contributed by atoms with van der Waals surface area (Å²) < 4.78 is 6.65. The van der Waals surface area contributed by atoms with Crippen LogP contribution in [0.2, 0.25) is 0 Å². The average molecular weight is 351 g/mol. The smallest absolute Gasteiger partial charge is 0.266 e. The van der Waals surface area contributed by atoms with E-state index >= 15 is 0 Å². The summed E-state index contributed by atoms with van der Waals surface area (Å²) in [5, 5.41) is 11.3. The van der Waals surface area contributed by atoms with Crippen LogP contribution in [0.1, 0.15) is 32.8 Å². The topological polar surface area (TPSA) is 64.1 Å². The molecule has 1 heterocycles. The first-order valence-electron chi connectivity index (χ1n) is 7.65. The molecule has 7 heteroatoms. The van der Waals surface area contributed by atoms with Crippen molar-refractivity contribution >= 4 is 34.1 Å². The minimum absolute atomic E-state index is 0.223. The maximum atomic E-state index is 12.2. The number of para-hydroxylation sites is 1. The molecule has 0 aliphatic carbocycles. The van der Waals surface area contributed by atoms with Crippen LogP contribution in [0.25, 0.3) is 0 Å². The minimum Gasteiger partial charge on any atom is -0.481 e. The van der Waals surface area contributed by atoms with Gasteiger partial charge in [0.2, 0.25) is 5.13 Å². The van der Waals surface area contributed by atoms with Crippen LogP contribution in [-0.4, -0.2) is 28.0 Å². The fourth-order valence-corrected chi connectivity index (χ4v) is 3.55. The number of hydrogen-bond donors (Lipinski definition) is 1. The summed E-state index contributed by atoms with van der Waals surface area (Å²) in [6.45, 7) is 5.91. The predicted molar refractivity (Wildman–Crippen MR) is 95.5 cm³/mol. The molecule has 124 valence electrons. The van der Waals surface area contributed by atoms with Gasteiger partial charge >= 0.3 is 0 Å². The lowest BCUT2D eigenvalue weighted by Crippen LogP contribution is -2.30. The molecule has 0 radical (unpaired) electrons. The number of carbonyl (C=O) groups is 1. The number of anilines is 1. The number of carbonyl (C=O) groups excluding carboxylic acids is 1. The number of aromatic nitrogens is 2. The zero-order valence-corrected chi connectivity index (χ0v) is 15.2. The van der Waals surface area contributed by atoms with E-state index < -0.39 is 6.10 Å². The lowest BCUT2D eigenvalue weighted by atomic mass is 10.1. The summed E-state index contributed by atoms with van der Waals surface area (Å²) >= 11 is 3.03. The number of hydrogen-bond acceptors (Lipinski definition) is 6. The maximum absolute atomic E-state index is 12.2. The first kappa shape index (κ1) is 17.7. The van der Waals surface area contributed by atoms with Crippen LogP contribution in [0.15, 0.2) is 28.6 Å². The Balaban J connectivity index is 1.93. The van der Waals surface area contributed by atoms with Crippen LogP contribution in [-0.2, 0) is 11.2 Å². The number of rotatable bonds is 8. The van der Waals surface area contributed by atoms with Crippen LogP contribution < -0.4 is 10.1 Å². The highest BCUT2D eigenvalue weighted by molar-refractivity contribution is 8.01. The molecule has 0 saturated carbocycles. The highest BCUT2D eigenvalue weighted by Crippen LogP contribution is 2.26. The van der Waals surface area contributed by atoms with Gasteiger partial charge in [-0.2, -0.15) is 0 Å². The number of aryl methyl sites for hydroxylation is 1. The second-order valence-corrected chi connectivity index (χ2v) is 7.25. The summed E-state index contributed by atoms with van der Waals surface area (Å²) in [6.07, 6.45) is 1.34. The summed E-state index contributed by atoms with van der Waals surface area (Å²) in [4.78, 5) is 12.2. The van der Waals surface area contributed by atoms with Crippen molar-refractivity contribution in [1.29, 1.82) is 0 Å². The summed E-state index contributed by atoms with van der Waals surface area (Å²) in [6, 6.07) is 7.75. The van der Waals surface area contributed by atoms with Crippen molar-refractivity contribution < 1.29 is 9.53 Å². The summed E-state index contributed by atoms with van der Waals surface area (Å²) in [5.74, 6) is 1.52. The zero-order chi connectivity index (χ0) is 16.7. The lowest BCUT2D eigenvalue weighted by Gasteiger charge is -2.15. The Bertz CT molecular complexity index is 646. The van der Waals surface area contributed by atoms with Crippen molar-refractivity contribution in [2.75, 3.05) is 11.1 Å². The highest BCUT2D eigenvalue weighted by Gasteiger charge is 2.18. The summed E-state index contributed by atoms with van der Waals surface area (Å²) in [5.41, 5.74) is 1.08. The highest BCUT2D eigenvalue weighted by atomic mass is 32.2. The number of amides is 1. The van der Waals surface area contributed by atoms with E-state index in [0.717, 1.165) is 34.2 Å². The standard InChI is InChI=1S/C16H21N3O2S2/c1-4-10-22-16-19-18-15(23-16)17-14(20)11(3)21-13-9-7-6-8-12(13)5-2/h6-9,11H,4-5,10H2,1-3H3,(H,17,18,20). The molecule has 5 nitrogen and oxygen atoms in total. The normalized spacial score (nSPS) is 12.0. The number of thioether (sulfide) groups is 1. The minimum atomic E-state index is -0.599. The molecule has 1 N–H and O–H groups in total. The van der Waals surface area contributed by atoms with Gasteiger partial charge in [0.1, 0.15) is 5.75 Å². The molecule has 0 spiro atoms. The number of benzene rings is 1. The van der Waals surface area contributed by atoms with Gasteiger partial charge in [0.15, 0.2) is 10.4 Å². The molecule has 0 bridgehead atoms. The van der Waals surface area contributed by atoms with Gasteiger partial charge in [-0.15, -0.1) is 10.2 Å². The van der Waals surface area contributed by atoms with Gasteiger partial charge in [-0.1, -0.05) is 55.1 Å². The SMILES string of the molecule is CCCSc1nnc(NC(=O)C(C)Oc2ccccc2CC)s1. The van der Waals surface area contributed by atoms with Crippen molar-refractivity contribution in [3.63, 3.8) is 0 Å². The van der Waals surface area contributed by atoms with Crippen molar-refractivity contribution in [2.24, 2.45) is 0 Å². The molecule has 2 rings (SSSR count).